The van der Waals surface area contributed by atoms with Crippen molar-refractivity contribution in [2.45, 2.75) is 26.7 Å². The highest BCUT2D eigenvalue weighted by molar-refractivity contribution is 7.80. The van der Waals surface area contributed by atoms with Gasteiger partial charge in [0.15, 0.2) is 0 Å². The summed E-state index contributed by atoms with van der Waals surface area (Å²) in [6.07, 6.45) is 2.51. The van der Waals surface area contributed by atoms with E-state index in [1.165, 1.54) is 30.6 Å². The van der Waals surface area contributed by atoms with Crippen molar-refractivity contribution in [1.29, 1.82) is 0 Å². The molecule has 0 spiro atoms. The maximum atomic E-state index is 4.44. The average molecular weight is 235 g/mol. The zero-order valence-corrected chi connectivity index (χ0v) is 11.1. The molecule has 0 bridgehead atoms. The summed E-state index contributed by atoms with van der Waals surface area (Å²) in [4.78, 5) is 2.52. The molecule has 2 heteroatoms. The smallest absolute Gasteiger partial charge is 0.0398 e. The molecule has 0 radical (unpaired) electrons. The zero-order valence-electron chi connectivity index (χ0n) is 10.2. The minimum Gasteiger partial charge on any atom is -0.371 e. The lowest BCUT2D eigenvalue weighted by Gasteiger charge is -2.37. The van der Waals surface area contributed by atoms with Crippen LogP contribution < -0.4 is 4.90 Å². The fourth-order valence-electron chi connectivity index (χ4n) is 2.34. The van der Waals surface area contributed by atoms with Crippen molar-refractivity contribution in [3.63, 3.8) is 0 Å². The van der Waals surface area contributed by atoms with Crippen molar-refractivity contribution in [3.05, 3.63) is 29.8 Å². The van der Waals surface area contributed by atoms with Crippen LogP contribution in [0.5, 0.6) is 0 Å². The number of hydrogen-bond donors (Lipinski definition) is 1. The maximum absolute atomic E-state index is 4.44. The number of benzene rings is 1. The zero-order chi connectivity index (χ0) is 11.6. The molecule has 0 aliphatic carbocycles. The Morgan fingerprint density at radius 2 is 2.06 bits per heavy atom. The van der Waals surface area contributed by atoms with Gasteiger partial charge in [0, 0.05) is 18.8 Å². The highest BCUT2D eigenvalue weighted by atomic mass is 32.1. The highest BCUT2D eigenvalue weighted by Gasteiger charge is 2.23. The molecule has 1 nitrogen and oxygen atoms in total. The predicted molar refractivity (Wildman–Crippen MR) is 74.6 cm³/mol. The normalized spacial score (nSPS) is 16.1. The molecule has 0 atom stereocenters. The van der Waals surface area contributed by atoms with E-state index in [1.54, 1.807) is 0 Å². The highest BCUT2D eigenvalue weighted by Crippen LogP contribution is 2.30. The van der Waals surface area contributed by atoms with Gasteiger partial charge in [0.1, 0.15) is 0 Å². The number of para-hydroxylation sites is 1. The van der Waals surface area contributed by atoms with Gasteiger partial charge in [0.25, 0.3) is 0 Å². The monoisotopic (exact) mass is 235 g/mol. The molecule has 0 unspecified atom stereocenters. The second kappa shape index (κ2) is 4.70. The van der Waals surface area contributed by atoms with Gasteiger partial charge in [-0.3, -0.25) is 0 Å². The predicted octanol–water partition coefficient (Wildman–Crippen LogP) is 3.40. The minimum absolute atomic E-state index is 0.285. The van der Waals surface area contributed by atoms with Crippen molar-refractivity contribution in [3.8, 4) is 0 Å². The first-order valence-corrected chi connectivity index (χ1v) is 6.69. The SMILES string of the molecule is CC(C)(CS)CN1CCCc2ccccc21. The van der Waals surface area contributed by atoms with Crippen LogP contribution in [-0.2, 0) is 6.42 Å². The van der Waals surface area contributed by atoms with Gasteiger partial charge in [-0.2, -0.15) is 12.6 Å². The van der Waals surface area contributed by atoms with E-state index in [1.807, 2.05) is 0 Å². The minimum atomic E-state index is 0.285. The molecule has 0 fully saturated rings. The first-order chi connectivity index (χ1) is 7.62. The molecule has 16 heavy (non-hydrogen) atoms. The number of rotatable bonds is 3. The molecule has 0 N–H and O–H groups in total. The molecule has 0 saturated heterocycles. The van der Waals surface area contributed by atoms with Crippen LogP contribution >= 0.6 is 12.6 Å². The number of aryl methyl sites for hydroxylation is 1. The second-order valence-corrected chi connectivity index (χ2v) is 5.79. The summed E-state index contributed by atoms with van der Waals surface area (Å²) in [5, 5.41) is 0. The molecule has 0 saturated carbocycles. The van der Waals surface area contributed by atoms with Crippen molar-refractivity contribution in [1.82, 2.24) is 0 Å². The first kappa shape index (κ1) is 11.8. The Labute approximate surface area is 104 Å². The number of thiol groups is 1. The van der Waals surface area contributed by atoms with E-state index in [9.17, 15) is 0 Å². The van der Waals surface area contributed by atoms with E-state index >= 15 is 0 Å². The molecule has 1 aliphatic rings. The van der Waals surface area contributed by atoms with Crippen LogP contribution in [0.2, 0.25) is 0 Å². The summed E-state index contributed by atoms with van der Waals surface area (Å²) in [7, 11) is 0. The molecule has 1 aromatic carbocycles. The Kier molecular flexibility index (Phi) is 3.48. The summed E-state index contributed by atoms with van der Waals surface area (Å²) in [6, 6.07) is 8.80. The molecule has 0 amide bonds. The van der Waals surface area contributed by atoms with Crippen LogP contribution in [-0.4, -0.2) is 18.8 Å². The summed E-state index contributed by atoms with van der Waals surface area (Å²) in [5.41, 5.74) is 3.22. The topological polar surface area (TPSA) is 3.24 Å². The van der Waals surface area contributed by atoms with E-state index in [0.29, 0.717) is 0 Å². The van der Waals surface area contributed by atoms with Crippen LogP contribution in [0.25, 0.3) is 0 Å². The molecule has 2 rings (SSSR count). The van der Waals surface area contributed by atoms with Gasteiger partial charge in [-0.05, 0) is 35.6 Å². The van der Waals surface area contributed by atoms with E-state index in [0.717, 1.165) is 12.3 Å². The number of hydrogen-bond acceptors (Lipinski definition) is 2. The van der Waals surface area contributed by atoms with Crippen molar-refractivity contribution < 1.29 is 0 Å². The van der Waals surface area contributed by atoms with E-state index in [-0.39, 0.29) is 5.41 Å². The van der Waals surface area contributed by atoms with Crippen LogP contribution in [0.4, 0.5) is 5.69 Å². The average Bonchev–Trinajstić information content (AvgIpc) is 2.29. The Morgan fingerprint density at radius 1 is 1.31 bits per heavy atom. The fourth-order valence-corrected chi connectivity index (χ4v) is 2.44. The van der Waals surface area contributed by atoms with Crippen LogP contribution in [0.15, 0.2) is 24.3 Å². The fraction of sp³-hybridized carbons (Fsp3) is 0.571. The third-order valence-corrected chi connectivity index (χ3v) is 4.11. The van der Waals surface area contributed by atoms with Gasteiger partial charge in [-0.15, -0.1) is 0 Å². The van der Waals surface area contributed by atoms with E-state index in [2.05, 4.69) is 55.6 Å². The van der Waals surface area contributed by atoms with Gasteiger partial charge in [-0.25, -0.2) is 0 Å². The summed E-state index contributed by atoms with van der Waals surface area (Å²) >= 11 is 4.44. The summed E-state index contributed by atoms with van der Waals surface area (Å²) < 4.78 is 0. The van der Waals surface area contributed by atoms with Gasteiger partial charge < -0.3 is 4.90 Å². The molecular weight excluding hydrogens is 214 g/mol. The van der Waals surface area contributed by atoms with E-state index in [4.69, 9.17) is 0 Å². The Morgan fingerprint density at radius 3 is 2.81 bits per heavy atom. The lowest BCUT2D eigenvalue weighted by atomic mass is 9.93. The molecule has 88 valence electrons. The Balaban J connectivity index is 2.19. The van der Waals surface area contributed by atoms with Gasteiger partial charge in [0.2, 0.25) is 0 Å². The molecule has 1 aliphatic heterocycles. The standard InChI is InChI=1S/C14H21NS/c1-14(2,11-16)10-15-9-5-7-12-6-3-4-8-13(12)15/h3-4,6,8,16H,5,7,9-11H2,1-2H3. The van der Waals surface area contributed by atoms with Crippen molar-refractivity contribution in [2.24, 2.45) is 5.41 Å². The quantitative estimate of drug-likeness (QED) is 0.786. The van der Waals surface area contributed by atoms with Gasteiger partial charge in [0.05, 0.1) is 0 Å². The van der Waals surface area contributed by atoms with Crippen molar-refractivity contribution in [2.75, 3.05) is 23.7 Å². The second-order valence-electron chi connectivity index (χ2n) is 5.48. The van der Waals surface area contributed by atoms with Gasteiger partial charge in [-0.1, -0.05) is 32.0 Å². The summed E-state index contributed by atoms with van der Waals surface area (Å²) in [5.74, 6) is 0.936. The molecular formula is C14H21NS. The third-order valence-electron chi connectivity index (χ3n) is 3.25. The third kappa shape index (κ3) is 2.54. The molecule has 1 aromatic rings. The van der Waals surface area contributed by atoms with Crippen LogP contribution in [0.1, 0.15) is 25.8 Å². The van der Waals surface area contributed by atoms with Gasteiger partial charge >= 0.3 is 0 Å². The molecule has 0 aromatic heterocycles. The lowest BCUT2D eigenvalue weighted by molar-refractivity contribution is 0.415. The number of anilines is 1. The summed E-state index contributed by atoms with van der Waals surface area (Å²) in [6.45, 7) is 6.87. The van der Waals surface area contributed by atoms with Crippen molar-refractivity contribution >= 4 is 18.3 Å². The Hall–Kier alpha value is -0.630. The first-order valence-electron chi connectivity index (χ1n) is 6.06. The molecule has 1 heterocycles. The largest absolute Gasteiger partial charge is 0.371 e. The maximum Gasteiger partial charge on any atom is 0.0398 e. The van der Waals surface area contributed by atoms with Crippen LogP contribution in [0, 0.1) is 5.41 Å². The number of fused-ring (bicyclic) bond motifs is 1. The van der Waals surface area contributed by atoms with Crippen LogP contribution in [0.3, 0.4) is 0 Å². The van der Waals surface area contributed by atoms with E-state index < -0.39 is 0 Å². The lowest BCUT2D eigenvalue weighted by Crippen LogP contribution is -2.38. The number of nitrogens with zero attached hydrogens (tertiary/aromatic N) is 1. The Bertz CT molecular complexity index is 360.